The summed E-state index contributed by atoms with van der Waals surface area (Å²) in [4.78, 5) is 26.7. The van der Waals surface area contributed by atoms with Crippen molar-refractivity contribution < 1.29 is 18.7 Å². The Morgan fingerprint density at radius 3 is 2.67 bits per heavy atom. The predicted molar refractivity (Wildman–Crippen MR) is 99.8 cm³/mol. The van der Waals surface area contributed by atoms with Crippen molar-refractivity contribution in [2.45, 2.75) is 13.0 Å². The van der Waals surface area contributed by atoms with E-state index in [9.17, 15) is 14.0 Å². The zero-order valence-corrected chi connectivity index (χ0v) is 15.2. The Hall–Kier alpha value is -3.35. The topological polar surface area (TPSA) is 70.7 Å². The molecule has 0 saturated carbocycles. The first-order valence-electron chi connectivity index (χ1n) is 8.37. The number of urea groups is 1. The molecule has 0 unspecified atom stereocenters. The van der Waals surface area contributed by atoms with E-state index in [1.807, 2.05) is 0 Å². The zero-order chi connectivity index (χ0) is 19.6. The van der Waals surface area contributed by atoms with E-state index >= 15 is 0 Å². The Labute approximate surface area is 156 Å². The van der Waals surface area contributed by atoms with Crippen molar-refractivity contribution in [3.63, 3.8) is 0 Å². The molecule has 0 saturated heterocycles. The second kappa shape index (κ2) is 7.49. The number of ether oxygens (including phenoxy) is 1. The van der Waals surface area contributed by atoms with Crippen LogP contribution < -0.4 is 15.4 Å². The molecule has 0 aromatic heterocycles. The van der Waals surface area contributed by atoms with Crippen LogP contribution in [0.15, 0.2) is 59.8 Å². The van der Waals surface area contributed by atoms with E-state index in [4.69, 9.17) is 4.74 Å². The zero-order valence-electron chi connectivity index (χ0n) is 15.2. The average molecular weight is 369 g/mol. The van der Waals surface area contributed by atoms with Crippen molar-refractivity contribution >= 4 is 17.6 Å². The standard InChI is InChI=1S/C20H20FN3O3/c1-12-17(19(25)22-15-9-4-5-10-16(15)27-3)18(23-20(26)24(12)2)13-7-6-8-14(21)11-13/h4-11,18H,1-3H3,(H,22,25)(H,23,26)/t18-/m0/s1. The first-order chi connectivity index (χ1) is 12.9. The summed E-state index contributed by atoms with van der Waals surface area (Å²) < 4.78 is 19.0. The third-order valence-electron chi connectivity index (χ3n) is 4.54. The molecule has 1 atom stereocenters. The predicted octanol–water partition coefficient (Wildman–Crippen LogP) is 3.44. The molecule has 1 aliphatic heterocycles. The highest BCUT2D eigenvalue weighted by Gasteiger charge is 2.34. The number of benzene rings is 2. The lowest BCUT2D eigenvalue weighted by Crippen LogP contribution is -2.46. The summed E-state index contributed by atoms with van der Waals surface area (Å²) in [6.45, 7) is 1.68. The minimum absolute atomic E-state index is 0.327. The van der Waals surface area contributed by atoms with Crippen LogP contribution in [0, 0.1) is 5.82 Å². The van der Waals surface area contributed by atoms with E-state index in [2.05, 4.69) is 10.6 Å². The first kappa shape index (κ1) is 18.4. The van der Waals surface area contributed by atoms with Gasteiger partial charge in [0.05, 0.1) is 24.4 Å². The van der Waals surface area contributed by atoms with Gasteiger partial charge in [-0.2, -0.15) is 0 Å². The number of hydrogen-bond donors (Lipinski definition) is 2. The highest BCUT2D eigenvalue weighted by atomic mass is 19.1. The molecule has 3 amide bonds. The maximum absolute atomic E-state index is 13.7. The Morgan fingerprint density at radius 2 is 1.96 bits per heavy atom. The largest absolute Gasteiger partial charge is 0.495 e. The number of rotatable bonds is 4. The number of allylic oxidation sites excluding steroid dienone is 1. The van der Waals surface area contributed by atoms with Crippen molar-refractivity contribution in [1.82, 2.24) is 10.2 Å². The number of halogens is 1. The van der Waals surface area contributed by atoms with Crippen LogP contribution in [-0.2, 0) is 4.79 Å². The van der Waals surface area contributed by atoms with Gasteiger partial charge < -0.3 is 20.3 Å². The van der Waals surface area contributed by atoms with Gasteiger partial charge in [-0.1, -0.05) is 24.3 Å². The Kier molecular flexibility index (Phi) is 5.12. The van der Waals surface area contributed by atoms with E-state index in [-0.39, 0.29) is 6.03 Å². The fourth-order valence-corrected chi connectivity index (χ4v) is 3.00. The van der Waals surface area contributed by atoms with E-state index in [1.165, 1.54) is 24.1 Å². The molecule has 0 radical (unpaired) electrons. The summed E-state index contributed by atoms with van der Waals surface area (Å²) in [6, 6.07) is 11.7. The van der Waals surface area contributed by atoms with Gasteiger partial charge in [-0.15, -0.1) is 0 Å². The van der Waals surface area contributed by atoms with Gasteiger partial charge in [0.25, 0.3) is 5.91 Å². The number of carbonyl (C=O) groups is 2. The molecule has 27 heavy (non-hydrogen) atoms. The van der Waals surface area contributed by atoms with Crippen LogP contribution in [0.25, 0.3) is 0 Å². The van der Waals surface area contributed by atoms with Gasteiger partial charge in [0.2, 0.25) is 0 Å². The molecule has 140 valence electrons. The monoisotopic (exact) mass is 369 g/mol. The quantitative estimate of drug-likeness (QED) is 0.867. The van der Waals surface area contributed by atoms with E-state index in [1.54, 1.807) is 50.4 Å². The van der Waals surface area contributed by atoms with Crippen LogP contribution >= 0.6 is 0 Å². The second-order valence-corrected chi connectivity index (χ2v) is 6.15. The molecule has 2 aromatic carbocycles. The lowest BCUT2D eigenvalue weighted by Gasteiger charge is -2.33. The van der Waals surface area contributed by atoms with Crippen LogP contribution in [0.3, 0.4) is 0 Å². The smallest absolute Gasteiger partial charge is 0.322 e. The highest BCUT2D eigenvalue weighted by Crippen LogP contribution is 2.32. The number of nitrogens with one attached hydrogen (secondary N) is 2. The number of nitrogens with zero attached hydrogens (tertiary/aromatic N) is 1. The summed E-state index contributed by atoms with van der Waals surface area (Å²) in [5.41, 5.74) is 1.80. The minimum atomic E-state index is -0.765. The van der Waals surface area contributed by atoms with Crippen molar-refractivity contribution in [2.75, 3.05) is 19.5 Å². The van der Waals surface area contributed by atoms with Gasteiger partial charge in [-0.05, 0) is 36.8 Å². The van der Waals surface area contributed by atoms with Gasteiger partial charge in [-0.25, -0.2) is 9.18 Å². The summed E-state index contributed by atoms with van der Waals surface area (Å²) in [7, 11) is 3.09. The molecule has 0 aliphatic carbocycles. The number of hydrogen-bond acceptors (Lipinski definition) is 3. The van der Waals surface area contributed by atoms with Crippen LogP contribution in [-0.4, -0.2) is 31.0 Å². The fourth-order valence-electron chi connectivity index (χ4n) is 3.00. The molecule has 6 nitrogen and oxygen atoms in total. The van der Waals surface area contributed by atoms with Gasteiger partial charge in [0, 0.05) is 12.7 Å². The third kappa shape index (κ3) is 3.62. The Balaban J connectivity index is 2.02. The lowest BCUT2D eigenvalue weighted by atomic mass is 9.94. The summed E-state index contributed by atoms with van der Waals surface area (Å²) >= 11 is 0. The molecule has 1 aliphatic rings. The maximum Gasteiger partial charge on any atom is 0.322 e. The summed E-state index contributed by atoms with van der Waals surface area (Å²) in [5.74, 6) is -0.333. The molecule has 2 N–H and O–H groups in total. The molecule has 0 fully saturated rings. The molecule has 2 aromatic rings. The van der Waals surface area contributed by atoms with Crippen molar-refractivity contribution in [3.8, 4) is 5.75 Å². The molecule has 7 heteroatoms. The minimum Gasteiger partial charge on any atom is -0.495 e. The number of amides is 3. The highest BCUT2D eigenvalue weighted by molar-refractivity contribution is 6.07. The molecule has 0 bridgehead atoms. The maximum atomic E-state index is 13.7. The van der Waals surface area contributed by atoms with Gasteiger partial charge >= 0.3 is 6.03 Å². The van der Waals surface area contributed by atoms with E-state index < -0.39 is 17.8 Å². The number of anilines is 1. The number of carbonyl (C=O) groups excluding carboxylic acids is 2. The Bertz CT molecular complexity index is 926. The molecule has 1 heterocycles. The molecule has 3 rings (SSSR count). The molecular formula is C20H20FN3O3. The van der Waals surface area contributed by atoms with Gasteiger partial charge in [0.1, 0.15) is 11.6 Å². The fraction of sp³-hybridized carbons (Fsp3) is 0.200. The van der Waals surface area contributed by atoms with Crippen LogP contribution in [0.1, 0.15) is 18.5 Å². The summed E-state index contributed by atoms with van der Waals surface area (Å²) in [6.07, 6.45) is 0. The van der Waals surface area contributed by atoms with Crippen LogP contribution in [0.2, 0.25) is 0 Å². The first-order valence-corrected chi connectivity index (χ1v) is 8.37. The average Bonchev–Trinajstić information content (AvgIpc) is 2.66. The molecular weight excluding hydrogens is 349 g/mol. The van der Waals surface area contributed by atoms with Crippen molar-refractivity contribution in [1.29, 1.82) is 0 Å². The number of methoxy groups -OCH3 is 1. The van der Waals surface area contributed by atoms with Crippen LogP contribution in [0.5, 0.6) is 5.75 Å². The van der Waals surface area contributed by atoms with Gasteiger partial charge in [0.15, 0.2) is 0 Å². The second-order valence-electron chi connectivity index (χ2n) is 6.15. The van der Waals surface area contributed by atoms with Crippen LogP contribution in [0.4, 0.5) is 14.9 Å². The number of para-hydroxylation sites is 2. The lowest BCUT2D eigenvalue weighted by molar-refractivity contribution is -0.113. The normalized spacial score (nSPS) is 16.8. The third-order valence-corrected chi connectivity index (χ3v) is 4.54. The van der Waals surface area contributed by atoms with E-state index in [0.29, 0.717) is 28.3 Å². The van der Waals surface area contributed by atoms with Gasteiger partial charge in [-0.3, -0.25) is 4.79 Å². The van der Waals surface area contributed by atoms with Crippen molar-refractivity contribution in [2.24, 2.45) is 0 Å². The Morgan fingerprint density at radius 1 is 1.22 bits per heavy atom. The van der Waals surface area contributed by atoms with E-state index in [0.717, 1.165) is 0 Å². The SMILES string of the molecule is COc1ccccc1NC(=O)C1=C(C)N(C)C(=O)N[C@H]1c1cccc(F)c1. The molecule has 0 spiro atoms. The summed E-state index contributed by atoms with van der Waals surface area (Å²) in [5, 5.41) is 5.57. The van der Waals surface area contributed by atoms with Crippen molar-refractivity contribution in [3.05, 3.63) is 71.2 Å².